The molecule has 0 aliphatic carbocycles. The number of hydrogen-bond acceptors (Lipinski definition) is 3. The first kappa shape index (κ1) is 16.9. The van der Waals surface area contributed by atoms with Crippen LogP contribution < -0.4 is 16.6 Å². The number of nitrogens with zero attached hydrogens (tertiary/aromatic N) is 1. The third-order valence-electron chi connectivity index (χ3n) is 3.64. The summed E-state index contributed by atoms with van der Waals surface area (Å²) in [6.07, 6.45) is 1.63. The molecule has 6 heteroatoms. The van der Waals surface area contributed by atoms with Gasteiger partial charge in [-0.1, -0.05) is 24.4 Å². The molecule has 2 rings (SSSR count). The van der Waals surface area contributed by atoms with Crippen molar-refractivity contribution in [2.75, 3.05) is 5.32 Å². The molecule has 0 aliphatic rings. The summed E-state index contributed by atoms with van der Waals surface area (Å²) in [5.41, 5.74) is 6.44. The number of hydrogen-bond donors (Lipinski definition) is 2. The number of carbonyl (C=O) groups excluding carboxylic acids is 1. The quantitative estimate of drug-likeness (QED) is 0.843. The number of aryl methyl sites for hydroxylation is 1. The van der Waals surface area contributed by atoms with Crippen LogP contribution in [-0.4, -0.2) is 15.5 Å². The number of aromatic nitrogens is 1. The van der Waals surface area contributed by atoms with Crippen molar-refractivity contribution in [3.05, 3.63) is 64.1 Å². The van der Waals surface area contributed by atoms with Crippen LogP contribution in [0.1, 0.15) is 25.0 Å². The van der Waals surface area contributed by atoms with E-state index in [0.29, 0.717) is 11.3 Å². The molecule has 0 spiro atoms. The van der Waals surface area contributed by atoms with E-state index in [-0.39, 0.29) is 16.5 Å². The van der Waals surface area contributed by atoms with Gasteiger partial charge in [-0.05, 0) is 44.5 Å². The Morgan fingerprint density at radius 3 is 2.57 bits per heavy atom. The highest BCUT2D eigenvalue weighted by Gasteiger charge is 2.30. The minimum Gasteiger partial charge on any atom is -0.389 e. The lowest BCUT2D eigenvalue weighted by Gasteiger charge is -2.26. The highest BCUT2D eigenvalue weighted by Crippen LogP contribution is 2.18. The summed E-state index contributed by atoms with van der Waals surface area (Å²) in [6, 6.07) is 10.3. The van der Waals surface area contributed by atoms with E-state index in [4.69, 9.17) is 18.0 Å². The number of nitrogens with one attached hydrogen (secondary N) is 1. The molecule has 0 atom stereocenters. The fraction of sp³-hybridized carbons (Fsp3) is 0.235. The number of thiocarbonyl (C=S) groups is 1. The predicted octanol–water partition coefficient (Wildman–Crippen LogP) is 2.16. The van der Waals surface area contributed by atoms with E-state index in [2.05, 4.69) is 5.32 Å². The van der Waals surface area contributed by atoms with Crippen molar-refractivity contribution in [1.82, 2.24) is 4.57 Å². The third kappa shape index (κ3) is 3.65. The molecule has 1 heterocycles. The van der Waals surface area contributed by atoms with Crippen molar-refractivity contribution < 1.29 is 4.79 Å². The molecular formula is C17H19N3O2S. The normalized spacial score (nSPS) is 11.1. The number of nitrogens with two attached hydrogens (primary N) is 1. The highest BCUT2D eigenvalue weighted by molar-refractivity contribution is 7.80. The van der Waals surface area contributed by atoms with Crippen LogP contribution >= 0.6 is 12.2 Å². The largest absolute Gasteiger partial charge is 0.389 e. The van der Waals surface area contributed by atoms with Gasteiger partial charge in [-0.3, -0.25) is 9.59 Å². The lowest BCUT2D eigenvalue weighted by atomic mass is 10.0. The fourth-order valence-corrected chi connectivity index (χ4v) is 2.31. The summed E-state index contributed by atoms with van der Waals surface area (Å²) in [6.45, 7) is 5.22. The van der Waals surface area contributed by atoms with Crippen molar-refractivity contribution in [3.8, 4) is 0 Å². The van der Waals surface area contributed by atoms with Crippen LogP contribution in [0.4, 0.5) is 5.69 Å². The van der Waals surface area contributed by atoms with Crippen LogP contribution in [0.3, 0.4) is 0 Å². The molecule has 1 aromatic heterocycles. The molecule has 3 N–H and O–H groups in total. The van der Waals surface area contributed by atoms with Gasteiger partial charge in [0, 0.05) is 23.5 Å². The number of amides is 1. The van der Waals surface area contributed by atoms with Gasteiger partial charge < -0.3 is 15.6 Å². The summed E-state index contributed by atoms with van der Waals surface area (Å²) in [5, 5.41) is 2.80. The van der Waals surface area contributed by atoms with E-state index >= 15 is 0 Å². The smallest absolute Gasteiger partial charge is 0.251 e. The second kappa shape index (κ2) is 6.34. The van der Waals surface area contributed by atoms with E-state index in [0.717, 1.165) is 5.56 Å². The van der Waals surface area contributed by atoms with E-state index in [1.807, 2.05) is 6.92 Å². The van der Waals surface area contributed by atoms with Crippen LogP contribution in [-0.2, 0) is 10.3 Å². The zero-order valence-corrected chi connectivity index (χ0v) is 14.1. The number of pyridine rings is 1. The lowest BCUT2D eigenvalue weighted by Crippen LogP contribution is -2.45. The molecule has 0 radical (unpaired) electrons. The molecule has 0 saturated heterocycles. The van der Waals surface area contributed by atoms with Gasteiger partial charge in [0.15, 0.2) is 0 Å². The van der Waals surface area contributed by atoms with Gasteiger partial charge in [-0.15, -0.1) is 0 Å². The number of rotatable bonds is 4. The molecule has 1 aromatic carbocycles. The first-order valence-corrected chi connectivity index (χ1v) is 7.54. The highest BCUT2D eigenvalue weighted by atomic mass is 32.1. The lowest BCUT2D eigenvalue weighted by molar-refractivity contribution is -0.123. The number of anilines is 1. The summed E-state index contributed by atoms with van der Waals surface area (Å²) in [4.78, 5) is 25.0. The summed E-state index contributed by atoms with van der Waals surface area (Å²) in [5.74, 6) is -0.302. The molecule has 0 fully saturated rings. The minimum atomic E-state index is -1.04. The van der Waals surface area contributed by atoms with Gasteiger partial charge in [-0.2, -0.15) is 0 Å². The zero-order chi connectivity index (χ0) is 17.2. The summed E-state index contributed by atoms with van der Waals surface area (Å²) >= 11 is 4.93. The van der Waals surface area contributed by atoms with Crippen LogP contribution in [0.5, 0.6) is 0 Å². The van der Waals surface area contributed by atoms with Gasteiger partial charge in [0.25, 0.3) is 5.56 Å². The minimum absolute atomic E-state index is 0.220. The average Bonchev–Trinajstić information content (AvgIpc) is 2.47. The van der Waals surface area contributed by atoms with Crippen molar-refractivity contribution in [3.63, 3.8) is 0 Å². The molecule has 120 valence electrons. The molecule has 0 saturated carbocycles. The number of carbonyl (C=O) groups is 1. The monoisotopic (exact) mass is 329 g/mol. The molecule has 0 bridgehead atoms. The Morgan fingerprint density at radius 2 is 1.96 bits per heavy atom. The van der Waals surface area contributed by atoms with Gasteiger partial charge in [0.1, 0.15) is 10.5 Å². The Bertz CT molecular complexity index is 825. The van der Waals surface area contributed by atoms with E-state index < -0.39 is 5.54 Å². The fourth-order valence-electron chi connectivity index (χ4n) is 2.18. The van der Waals surface area contributed by atoms with Gasteiger partial charge in [0.2, 0.25) is 5.91 Å². The first-order chi connectivity index (χ1) is 10.7. The Labute approximate surface area is 140 Å². The Morgan fingerprint density at radius 1 is 1.26 bits per heavy atom. The summed E-state index contributed by atoms with van der Waals surface area (Å²) in [7, 11) is 0. The molecule has 5 nitrogen and oxygen atoms in total. The van der Waals surface area contributed by atoms with Crippen molar-refractivity contribution in [1.29, 1.82) is 0 Å². The second-order valence-electron chi connectivity index (χ2n) is 5.87. The van der Waals surface area contributed by atoms with Gasteiger partial charge in [-0.25, -0.2) is 0 Å². The van der Waals surface area contributed by atoms with Gasteiger partial charge >= 0.3 is 0 Å². The van der Waals surface area contributed by atoms with E-state index in [1.54, 1.807) is 50.4 Å². The predicted molar refractivity (Wildman–Crippen MR) is 95.7 cm³/mol. The first-order valence-electron chi connectivity index (χ1n) is 7.13. The SMILES string of the molecule is Cc1ccn(C(C)(C)C(=O)Nc2cccc(C(N)=S)c2)c(=O)c1. The molecular weight excluding hydrogens is 310 g/mol. The van der Waals surface area contributed by atoms with Crippen molar-refractivity contribution >= 4 is 28.8 Å². The van der Waals surface area contributed by atoms with Gasteiger partial charge in [0.05, 0.1) is 0 Å². The maximum Gasteiger partial charge on any atom is 0.251 e. The van der Waals surface area contributed by atoms with Crippen molar-refractivity contribution in [2.45, 2.75) is 26.3 Å². The topological polar surface area (TPSA) is 77.1 Å². The van der Waals surface area contributed by atoms with Crippen LogP contribution in [0.15, 0.2) is 47.4 Å². The maximum atomic E-state index is 12.6. The van der Waals surface area contributed by atoms with Crippen LogP contribution in [0.25, 0.3) is 0 Å². The molecule has 23 heavy (non-hydrogen) atoms. The van der Waals surface area contributed by atoms with Crippen LogP contribution in [0.2, 0.25) is 0 Å². The van der Waals surface area contributed by atoms with Crippen LogP contribution in [0, 0.1) is 6.92 Å². The van der Waals surface area contributed by atoms with E-state index in [9.17, 15) is 9.59 Å². The molecule has 0 aliphatic heterocycles. The Balaban J connectivity index is 2.30. The molecule has 1 amide bonds. The van der Waals surface area contributed by atoms with E-state index in [1.165, 1.54) is 10.6 Å². The summed E-state index contributed by atoms with van der Waals surface area (Å²) < 4.78 is 1.41. The second-order valence-corrected chi connectivity index (χ2v) is 6.31. The molecule has 2 aromatic rings. The third-order valence-corrected chi connectivity index (χ3v) is 3.87. The maximum absolute atomic E-state index is 12.6. The Hall–Kier alpha value is -2.47. The standard InChI is InChI=1S/C17H19N3O2S/c1-11-7-8-20(14(21)9-11)17(2,3)16(22)19-13-6-4-5-12(10-13)15(18)23/h4-10H,1-3H3,(H2,18,23)(H,19,22). The molecule has 0 unspecified atom stereocenters. The zero-order valence-electron chi connectivity index (χ0n) is 13.3. The Kier molecular flexibility index (Phi) is 4.65. The van der Waals surface area contributed by atoms with Crippen molar-refractivity contribution in [2.24, 2.45) is 5.73 Å². The average molecular weight is 329 g/mol. The number of benzene rings is 1.